The molecule has 3 nitrogen and oxygen atoms in total. The lowest BCUT2D eigenvalue weighted by Gasteiger charge is -2.25. The van der Waals surface area contributed by atoms with Crippen LogP contribution in [0, 0.1) is 0 Å². The minimum Gasteiger partial charge on any atom is -0.292 e. The lowest BCUT2D eigenvalue weighted by atomic mass is 10.1. The van der Waals surface area contributed by atoms with Gasteiger partial charge >= 0.3 is 0 Å². The third-order valence-corrected chi connectivity index (χ3v) is 12.6. The standard InChI is InChI=1S/C34H22N3PS/c39-38(23-12-3-1-4-13-23,24-14-5-2-6-15-24)32-21-11-18-28-26(32)22-27-33(35-28)25-16-7-9-19-30(25)37-31-20-10-8-17-29(31)36-34(27)37/h1-22H. The van der Waals surface area contributed by atoms with Crippen molar-refractivity contribution in [1.29, 1.82) is 0 Å². The molecule has 3 heterocycles. The summed E-state index contributed by atoms with van der Waals surface area (Å²) >= 11 is 6.74. The Hall–Kier alpha value is -4.37. The Morgan fingerprint density at radius 3 is 1.87 bits per heavy atom. The van der Waals surface area contributed by atoms with Crippen molar-refractivity contribution in [3.63, 3.8) is 0 Å². The summed E-state index contributed by atoms with van der Waals surface area (Å²) in [6.45, 7) is 0. The highest BCUT2D eigenvalue weighted by Gasteiger charge is 2.27. The lowest BCUT2D eigenvalue weighted by molar-refractivity contribution is 1.31. The van der Waals surface area contributed by atoms with E-state index in [0.717, 1.165) is 54.7 Å². The highest BCUT2D eigenvalue weighted by Crippen LogP contribution is 2.45. The summed E-state index contributed by atoms with van der Waals surface area (Å²) in [5, 5.41) is 6.74. The molecule has 0 atom stereocenters. The van der Waals surface area contributed by atoms with Crippen molar-refractivity contribution in [2.45, 2.75) is 0 Å². The maximum atomic E-state index is 6.74. The van der Waals surface area contributed by atoms with Gasteiger partial charge in [-0.15, -0.1) is 0 Å². The molecule has 0 spiro atoms. The van der Waals surface area contributed by atoms with Gasteiger partial charge in [0.05, 0.1) is 27.6 Å². The molecule has 0 saturated carbocycles. The van der Waals surface area contributed by atoms with Crippen LogP contribution >= 0.6 is 6.04 Å². The van der Waals surface area contributed by atoms with E-state index in [1.165, 1.54) is 10.6 Å². The van der Waals surface area contributed by atoms with Crippen molar-refractivity contribution in [3.05, 3.63) is 133 Å². The van der Waals surface area contributed by atoms with E-state index >= 15 is 0 Å². The van der Waals surface area contributed by atoms with Crippen LogP contribution in [-0.2, 0) is 11.8 Å². The van der Waals surface area contributed by atoms with Crippen LogP contribution in [0.5, 0.6) is 0 Å². The molecule has 0 aliphatic rings. The van der Waals surface area contributed by atoms with E-state index < -0.39 is 6.04 Å². The summed E-state index contributed by atoms with van der Waals surface area (Å²) in [6.07, 6.45) is 0. The molecule has 0 amide bonds. The number of benzene rings is 5. The number of hydrogen-bond donors (Lipinski definition) is 0. The second kappa shape index (κ2) is 8.57. The predicted molar refractivity (Wildman–Crippen MR) is 169 cm³/mol. The molecule has 0 bridgehead atoms. The largest absolute Gasteiger partial charge is 0.292 e. The topological polar surface area (TPSA) is 30.2 Å². The predicted octanol–water partition coefficient (Wildman–Crippen LogP) is 7.10. The van der Waals surface area contributed by atoms with E-state index in [4.69, 9.17) is 21.8 Å². The van der Waals surface area contributed by atoms with Gasteiger partial charge in [-0.25, -0.2) is 9.97 Å². The molecule has 0 aliphatic heterocycles. The third-order valence-electron chi connectivity index (χ3n) is 7.62. The first kappa shape index (κ1) is 22.6. The summed E-state index contributed by atoms with van der Waals surface area (Å²) in [6, 6.07) is 44.3. The Morgan fingerprint density at radius 1 is 0.513 bits per heavy atom. The van der Waals surface area contributed by atoms with Crippen molar-refractivity contribution in [2.75, 3.05) is 0 Å². The van der Waals surface area contributed by atoms with Crippen molar-refractivity contribution in [3.8, 4) is 0 Å². The molecule has 0 saturated heterocycles. The van der Waals surface area contributed by atoms with E-state index in [9.17, 15) is 0 Å². The van der Waals surface area contributed by atoms with Crippen LogP contribution in [0.15, 0.2) is 133 Å². The van der Waals surface area contributed by atoms with Crippen LogP contribution in [0.1, 0.15) is 0 Å². The van der Waals surface area contributed by atoms with Crippen molar-refractivity contribution >= 4 is 83.1 Å². The van der Waals surface area contributed by atoms with E-state index in [1.54, 1.807) is 0 Å². The second-order valence-electron chi connectivity index (χ2n) is 9.79. The summed E-state index contributed by atoms with van der Waals surface area (Å²) in [7, 11) is 0. The molecule has 184 valence electrons. The molecular weight excluding hydrogens is 513 g/mol. The highest BCUT2D eigenvalue weighted by atomic mass is 32.4. The van der Waals surface area contributed by atoms with Crippen LogP contribution in [0.4, 0.5) is 0 Å². The summed E-state index contributed by atoms with van der Waals surface area (Å²) in [5.41, 5.74) is 6.01. The zero-order valence-electron chi connectivity index (χ0n) is 20.9. The Morgan fingerprint density at radius 2 is 1.13 bits per heavy atom. The minimum absolute atomic E-state index is 0.918. The molecule has 3 aromatic heterocycles. The smallest absolute Gasteiger partial charge is 0.147 e. The van der Waals surface area contributed by atoms with Crippen LogP contribution in [0.2, 0.25) is 0 Å². The van der Waals surface area contributed by atoms with E-state index in [2.05, 4.69) is 132 Å². The molecule has 0 fully saturated rings. The highest BCUT2D eigenvalue weighted by molar-refractivity contribution is 8.25. The summed E-state index contributed by atoms with van der Waals surface area (Å²) in [4.78, 5) is 10.4. The number of rotatable bonds is 3. The molecule has 0 aliphatic carbocycles. The quantitative estimate of drug-likeness (QED) is 0.137. The van der Waals surface area contributed by atoms with Gasteiger partial charge in [-0.3, -0.25) is 4.40 Å². The first-order valence-corrected chi connectivity index (χ1v) is 15.8. The monoisotopic (exact) mass is 535 g/mol. The Labute approximate surface area is 230 Å². The Balaban J connectivity index is 1.56. The summed E-state index contributed by atoms with van der Waals surface area (Å²) in [5.74, 6) is 0. The van der Waals surface area contributed by atoms with Crippen molar-refractivity contribution in [2.24, 2.45) is 0 Å². The molecule has 8 rings (SSSR count). The first-order valence-electron chi connectivity index (χ1n) is 13.0. The van der Waals surface area contributed by atoms with E-state index in [1.807, 2.05) is 6.07 Å². The SMILES string of the molecule is S=P(c1ccccc1)(c1ccccc1)c1cccc2nc3c4ccccc4n4c5ccccc5nc4c3cc12. The molecule has 0 radical (unpaired) electrons. The lowest BCUT2D eigenvalue weighted by Crippen LogP contribution is -2.25. The molecule has 5 aromatic carbocycles. The number of aromatic nitrogens is 3. The maximum absolute atomic E-state index is 6.74. The Bertz CT molecular complexity index is 2210. The van der Waals surface area contributed by atoms with Crippen LogP contribution in [0.3, 0.4) is 0 Å². The summed E-state index contributed by atoms with van der Waals surface area (Å²) < 4.78 is 2.27. The first-order chi connectivity index (χ1) is 19.2. The number of para-hydroxylation sites is 3. The molecule has 0 unspecified atom stereocenters. The maximum Gasteiger partial charge on any atom is 0.147 e. The van der Waals surface area contributed by atoms with Gasteiger partial charge in [0.2, 0.25) is 0 Å². The van der Waals surface area contributed by atoms with E-state index in [0.29, 0.717) is 0 Å². The van der Waals surface area contributed by atoms with E-state index in [-0.39, 0.29) is 0 Å². The van der Waals surface area contributed by atoms with Gasteiger partial charge in [-0.05, 0) is 40.9 Å². The average molecular weight is 536 g/mol. The number of imidazole rings is 1. The van der Waals surface area contributed by atoms with Crippen LogP contribution < -0.4 is 15.9 Å². The van der Waals surface area contributed by atoms with Crippen LogP contribution in [0.25, 0.3) is 49.4 Å². The van der Waals surface area contributed by atoms with Crippen molar-refractivity contribution in [1.82, 2.24) is 14.4 Å². The molecule has 5 heteroatoms. The van der Waals surface area contributed by atoms with Gasteiger partial charge < -0.3 is 0 Å². The van der Waals surface area contributed by atoms with Gasteiger partial charge in [0, 0.05) is 27.5 Å². The Kier molecular flexibility index (Phi) is 4.97. The molecule has 8 aromatic rings. The number of pyridine rings is 2. The van der Waals surface area contributed by atoms with Gasteiger partial charge in [0.25, 0.3) is 0 Å². The fourth-order valence-electron chi connectivity index (χ4n) is 5.85. The fourth-order valence-corrected chi connectivity index (χ4v) is 9.91. The second-order valence-corrected chi connectivity index (χ2v) is 14.2. The van der Waals surface area contributed by atoms with Crippen molar-refractivity contribution < 1.29 is 0 Å². The van der Waals surface area contributed by atoms with Gasteiger partial charge in [0.1, 0.15) is 5.65 Å². The van der Waals surface area contributed by atoms with Gasteiger partial charge in [0.15, 0.2) is 0 Å². The number of nitrogens with zero attached hydrogens (tertiary/aromatic N) is 3. The average Bonchev–Trinajstić information content (AvgIpc) is 3.41. The van der Waals surface area contributed by atoms with Gasteiger partial charge in [-0.1, -0.05) is 115 Å². The zero-order valence-corrected chi connectivity index (χ0v) is 22.6. The fraction of sp³-hybridized carbons (Fsp3) is 0. The van der Waals surface area contributed by atoms with Crippen LogP contribution in [-0.4, -0.2) is 14.4 Å². The normalized spacial score (nSPS) is 12.2. The molecular formula is C34H22N3PS. The minimum atomic E-state index is -2.37. The number of hydrogen-bond acceptors (Lipinski definition) is 3. The molecule has 0 N–H and O–H groups in total. The number of fused-ring (bicyclic) bond motifs is 9. The third kappa shape index (κ3) is 3.26. The van der Waals surface area contributed by atoms with Gasteiger partial charge in [-0.2, -0.15) is 0 Å². The molecule has 39 heavy (non-hydrogen) atoms. The zero-order chi connectivity index (χ0) is 26.0.